The second-order valence-corrected chi connectivity index (χ2v) is 5.43. The largest absolute Gasteiger partial charge is 0.481 e. The molecule has 2 N–H and O–H groups in total. The van der Waals surface area contributed by atoms with E-state index in [4.69, 9.17) is 5.11 Å². The summed E-state index contributed by atoms with van der Waals surface area (Å²) in [7, 11) is 0. The minimum atomic E-state index is -0.619. The minimum absolute atomic E-state index is 0.123. The van der Waals surface area contributed by atoms with Crippen LogP contribution in [0.1, 0.15) is 51.9 Å². The van der Waals surface area contributed by atoms with Crippen LogP contribution >= 0.6 is 0 Å². The molecule has 0 aromatic heterocycles. The van der Waals surface area contributed by atoms with Crippen LogP contribution in [0.5, 0.6) is 0 Å². The molecule has 2 saturated carbocycles. The molecule has 4 atom stereocenters. The molecule has 0 amide bonds. The highest BCUT2D eigenvalue weighted by atomic mass is 16.4. The standard InChI is InChI=1S/C13H23NO2/c1-2-9-4-3-5-10(8-9)14-12-7-6-11(12)13(15)16/h9-12,14H,2-8H2,1H3,(H,15,16). The van der Waals surface area contributed by atoms with Gasteiger partial charge in [-0.15, -0.1) is 0 Å². The smallest absolute Gasteiger partial charge is 0.308 e. The van der Waals surface area contributed by atoms with E-state index in [-0.39, 0.29) is 12.0 Å². The highest BCUT2D eigenvalue weighted by Crippen LogP contribution is 2.32. The van der Waals surface area contributed by atoms with Gasteiger partial charge in [0.15, 0.2) is 0 Å². The molecule has 0 aliphatic heterocycles. The van der Waals surface area contributed by atoms with Crippen molar-refractivity contribution in [3.05, 3.63) is 0 Å². The third-order valence-electron chi connectivity index (χ3n) is 4.40. The molecule has 0 bridgehead atoms. The van der Waals surface area contributed by atoms with Crippen molar-refractivity contribution in [3.63, 3.8) is 0 Å². The van der Waals surface area contributed by atoms with Gasteiger partial charge in [-0.25, -0.2) is 0 Å². The molecule has 3 nitrogen and oxygen atoms in total. The van der Waals surface area contributed by atoms with Gasteiger partial charge < -0.3 is 10.4 Å². The van der Waals surface area contributed by atoms with Gasteiger partial charge in [0, 0.05) is 12.1 Å². The van der Waals surface area contributed by atoms with Crippen LogP contribution in [0.4, 0.5) is 0 Å². The Hall–Kier alpha value is -0.570. The number of hydrogen-bond acceptors (Lipinski definition) is 2. The summed E-state index contributed by atoms with van der Waals surface area (Å²) >= 11 is 0. The maximum atomic E-state index is 10.9. The molecule has 0 radical (unpaired) electrons. The van der Waals surface area contributed by atoms with Crippen molar-refractivity contribution in [2.75, 3.05) is 0 Å². The lowest BCUT2D eigenvalue weighted by atomic mass is 9.77. The van der Waals surface area contributed by atoms with E-state index in [0.29, 0.717) is 6.04 Å². The molecule has 0 aromatic carbocycles. The van der Waals surface area contributed by atoms with Gasteiger partial charge in [-0.05, 0) is 31.6 Å². The first-order chi connectivity index (χ1) is 7.70. The lowest BCUT2D eigenvalue weighted by molar-refractivity contribution is -0.146. The van der Waals surface area contributed by atoms with Crippen LogP contribution in [0.2, 0.25) is 0 Å². The van der Waals surface area contributed by atoms with Gasteiger partial charge in [-0.1, -0.05) is 26.2 Å². The molecule has 3 heteroatoms. The fraction of sp³-hybridized carbons (Fsp3) is 0.923. The van der Waals surface area contributed by atoms with Crippen molar-refractivity contribution < 1.29 is 9.90 Å². The van der Waals surface area contributed by atoms with Crippen molar-refractivity contribution in [1.29, 1.82) is 0 Å². The van der Waals surface area contributed by atoms with Crippen LogP contribution in [-0.4, -0.2) is 23.2 Å². The Morgan fingerprint density at radius 1 is 1.31 bits per heavy atom. The van der Waals surface area contributed by atoms with Crippen LogP contribution in [-0.2, 0) is 4.79 Å². The zero-order valence-corrected chi connectivity index (χ0v) is 10.1. The van der Waals surface area contributed by atoms with Gasteiger partial charge in [0.1, 0.15) is 0 Å². The summed E-state index contributed by atoms with van der Waals surface area (Å²) in [5.41, 5.74) is 0. The lowest BCUT2D eigenvalue weighted by Gasteiger charge is -2.39. The Morgan fingerprint density at radius 2 is 2.12 bits per heavy atom. The van der Waals surface area contributed by atoms with E-state index >= 15 is 0 Å². The molecule has 0 heterocycles. The molecule has 4 unspecified atom stereocenters. The topological polar surface area (TPSA) is 49.3 Å². The van der Waals surface area contributed by atoms with Crippen LogP contribution < -0.4 is 5.32 Å². The Kier molecular flexibility index (Phi) is 3.85. The summed E-state index contributed by atoms with van der Waals surface area (Å²) in [4.78, 5) is 10.9. The predicted molar refractivity (Wildman–Crippen MR) is 63.3 cm³/mol. The van der Waals surface area contributed by atoms with Crippen molar-refractivity contribution in [3.8, 4) is 0 Å². The van der Waals surface area contributed by atoms with Crippen molar-refractivity contribution >= 4 is 5.97 Å². The number of carboxylic acid groups (broad SMARTS) is 1. The lowest BCUT2D eigenvalue weighted by Crippen LogP contribution is -2.52. The molecular weight excluding hydrogens is 202 g/mol. The van der Waals surface area contributed by atoms with Crippen molar-refractivity contribution in [2.45, 2.75) is 64.0 Å². The summed E-state index contributed by atoms with van der Waals surface area (Å²) in [6.45, 7) is 2.26. The van der Waals surface area contributed by atoms with Crippen LogP contribution in [0.15, 0.2) is 0 Å². The zero-order chi connectivity index (χ0) is 11.5. The molecular formula is C13H23NO2. The Labute approximate surface area is 97.6 Å². The van der Waals surface area contributed by atoms with E-state index in [2.05, 4.69) is 12.2 Å². The molecule has 0 spiro atoms. The van der Waals surface area contributed by atoms with E-state index in [0.717, 1.165) is 18.8 Å². The normalized spacial score (nSPS) is 39.1. The summed E-state index contributed by atoms with van der Waals surface area (Å²) in [5, 5.41) is 12.6. The van der Waals surface area contributed by atoms with E-state index in [1.165, 1.54) is 32.1 Å². The number of carboxylic acids is 1. The Morgan fingerprint density at radius 3 is 2.69 bits per heavy atom. The molecule has 0 aromatic rings. The Balaban J connectivity index is 1.78. The monoisotopic (exact) mass is 225 g/mol. The molecule has 2 fully saturated rings. The van der Waals surface area contributed by atoms with Crippen LogP contribution in [0.25, 0.3) is 0 Å². The first-order valence-electron chi connectivity index (χ1n) is 6.69. The van der Waals surface area contributed by atoms with Gasteiger partial charge in [-0.2, -0.15) is 0 Å². The summed E-state index contributed by atoms with van der Waals surface area (Å²) < 4.78 is 0. The molecule has 2 rings (SSSR count). The van der Waals surface area contributed by atoms with Crippen LogP contribution in [0, 0.1) is 11.8 Å². The van der Waals surface area contributed by atoms with E-state index < -0.39 is 5.97 Å². The first-order valence-corrected chi connectivity index (χ1v) is 6.69. The molecule has 2 aliphatic carbocycles. The van der Waals surface area contributed by atoms with E-state index in [9.17, 15) is 4.79 Å². The highest BCUT2D eigenvalue weighted by molar-refractivity contribution is 5.72. The zero-order valence-electron chi connectivity index (χ0n) is 10.1. The van der Waals surface area contributed by atoms with Crippen molar-refractivity contribution in [2.24, 2.45) is 11.8 Å². The second-order valence-electron chi connectivity index (χ2n) is 5.43. The fourth-order valence-electron chi connectivity index (χ4n) is 3.11. The van der Waals surface area contributed by atoms with Gasteiger partial charge in [0.2, 0.25) is 0 Å². The molecule has 2 aliphatic rings. The average Bonchev–Trinajstić information content (AvgIpc) is 2.24. The Bertz CT molecular complexity index is 254. The third kappa shape index (κ3) is 2.57. The quantitative estimate of drug-likeness (QED) is 0.772. The minimum Gasteiger partial charge on any atom is -0.481 e. The molecule has 92 valence electrons. The number of carbonyl (C=O) groups is 1. The highest BCUT2D eigenvalue weighted by Gasteiger charge is 2.38. The van der Waals surface area contributed by atoms with Crippen LogP contribution in [0.3, 0.4) is 0 Å². The number of hydrogen-bond donors (Lipinski definition) is 2. The van der Waals surface area contributed by atoms with Gasteiger partial charge >= 0.3 is 5.97 Å². The maximum absolute atomic E-state index is 10.9. The molecule has 16 heavy (non-hydrogen) atoms. The third-order valence-corrected chi connectivity index (χ3v) is 4.40. The molecule has 0 saturated heterocycles. The SMILES string of the molecule is CCC1CCCC(NC2CCC2C(=O)O)C1. The van der Waals surface area contributed by atoms with Crippen molar-refractivity contribution in [1.82, 2.24) is 5.32 Å². The number of aliphatic carboxylic acids is 1. The fourth-order valence-corrected chi connectivity index (χ4v) is 3.11. The van der Waals surface area contributed by atoms with Gasteiger partial charge in [0.25, 0.3) is 0 Å². The van der Waals surface area contributed by atoms with Gasteiger partial charge in [-0.3, -0.25) is 4.79 Å². The maximum Gasteiger partial charge on any atom is 0.308 e. The number of rotatable bonds is 4. The van der Waals surface area contributed by atoms with Gasteiger partial charge in [0.05, 0.1) is 5.92 Å². The number of nitrogens with one attached hydrogen (secondary N) is 1. The predicted octanol–water partition coefficient (Wildman–Crippen LogP) is 2.41. The van der Waals surface area contributed by atoms with E-state index in [1.807, 2.05) is 0 Å². The summed E-state index contributed by atoms with van der Waals surface area (Å²) in [5.74, 6) is 0.114. The first kappa shape index (κ1) is 11.9. The average molecular weight is 225 g/mol. The summed E-state index contributed by atoms with van der Waals surface area (Å²) in [6, 6.07) is 0.823. The van der Waals surface area contributed by atoms with E-state index in [1.54, 1.807) is 0 Å². The second kappa shape index (κ2) is 5.17. The summed E-state index contributed by atoms with van der Waals surface area (Å²) in [6.07, 6.45) is 8.33.